The monoisotopic (exact) mass is 435 g/mol. The quantitative estimate of drug-likeness (QED) is 0.337. The van der Waals surface area contributed by atoms with Crippen molar-refractivity contribution in [2.75, 3.05) is 7.11 Å². The Hall–Kier alpha value is -3.13. The zero-order valence-electron chi connectivity index (χ0n) is 18.0. The summed E-state index contributed by atoms with van der Waals surface area (Å²) in [6, 6.07) is 17.6. The maximum Gasteiger partial charge on any atom is 0.247 e. The molecule has 7 nitrogen and oxygen atoms in total. The molecule has 31 heavy (non-hydrogen) atoms. The van der Waals surface area contributed by atoms with Crippen LogP contribution in [0.15, 0.2) is 64.2 Å². The summed E-state index contributed by atoms with van der Waals surface area (Å²) in [4.78, 5) is 0. The lowest BCUT2D eigenvalue weighted by Crippen LogP contribution is -2.08. The number of hydrogen-bond donors (Lipinski definition) is 0. The molecular formula is C23H25N5O2S. The first-order valence-corrected chi connectivity index (χ1v) is 11.1. The third-order valence-electron chi connectivity index (χ3n) is 4.70. The Bertz CT molecular complexity index is 1120. The van der Waals surface area contributed by atoms with Gasteiger partial charge in [0.2, 0.25) is 11.8 Å². The van der Waals surface area contributed by atoms with E-state index in [9.17, 15) is 0 Å². The second kappa shape index (κ2) is 9.34. The highest BCUT2D eigenvalue weighted by Crippen LogP contribution is 2.36. The number of aromatic nitrogens is 5. The van der Waals surface area contributed by atoms with Crippen LogP contribution < -0.4 is 4.74 Å². The summed E-state index contributed by atoms with van der Waals surface area (Å²) in [5.41, 5.74) is 1.90. The molecule has 2 heterocycles. The molecule has 2 aromatic heterocycles. The zero-order valence-corrected chi connectivity index (χ0v) is 18.8. The van der Waals surface area contributed by atoms with Gasteiger partial charge in [-0.3, -0.25) is 0 Å². The van der Waals surface area contributed by atoms with Crippen LogP contribution in [0.4, 0.5) is 0 Å². The topological polar surface area (TPSA) is 78.9 Å². The Balaban J connectivity index is 1.59. The minimum atomic E-state index is -0.0659. The second-order valence-corrected chi connectivity index (χ2v) is 8.92. The van der Waals surface area contributed by atoms with Crippen LogP contribution in [0.5, 0.6) is 5.75 Å². The first-order valence-electron chi connectivity index (χ1n) is 10.2. The normalized spacial score (nSPS) is 12.3. The average molecular weight is 436 g/mol. The smallest absolute Gasteiger partial charge is 0.247 e. The molecule has 160 valence electrons. The van der Waals surface area contributed by atoms with E-state index in [1.165, 1.54) is 0 Å². The molecule has 0 saturated heterocycles. The number of benzene rings is 2. The largest absolute Gasteiger partial charge is 0.497 e. The lowest BCUT2D eigenvalue weighted by atomic mass is 10.2. The fourth-order valence-corrected chi connectivity index (χ4v) is 4.05. The number of rotatable bonds is 8. The molecule has 4 rings (SSSR count). The van der Waals surface area contributed by atoms with Crippen molar-refractivity contribution >= 4 is 11.8 Å². The lowest BCUT2D eigenvalue weighted by molar-refractivity contribution is 0.415. The van der Waals surface area contributed by atoms with Crippen LogP contribution in [0.2, 0.25) is 0 Å². The molecule has 0 aliphatic rings. The van der Waals surface area contributed by atoms with Crippen LogP contribution in [0.1, 0.15) is 31.9 Å². The van der Waals surface area contributed by atoms with E-state index < -0.39 is 0 Å². The molecular weight excluding hydrogens is 410 g/mol. The van der Waals surface area contributed by atoms with Crippen LogP contribution in [0, 0.1) is 5.92 Å². The molecule has 0 aliphatic heterocycles. The summed E-state index contributed by atoms with van der Waals surface area (Å²) in [6.45, 7) is 7.20. The van der Waals surface area contributed by atoms with Gasteiger partial charge in [-0.05, 0) is 49.2 Å². The molecule has 0 saturated carbocycles. The highest BCUT2D eigenvalue weighted by Gasteiger charge is 2.22. The summed E-state index contributed by atoms with van der Waals surface area (Å²) in [6.07, 6.45) is 0. The summed E-state index contributed by atoms with van der Waals surface area (Å²) >= 11 is 1.57. The van der Waals surface area contributed by atoms with E-state index in [0.717, 1.165) is 34.4 Å². The Morgan fingerprint density at radius 3 is 2.32 bits per heavy atom. The van der Waals surface area contributed by atoms with E-state index in [1.807, 2.05) is 61.5 Å². The number of methoxy groups -OCH3 is 1. The van der Waals surface area contributed by atoms with E-state index in [-0.39, 0.29) is 5.25 Å². The highest BCUT2D eigenvalue weighted by atomic mass is 32.2. The number of ether oxygens (including phenoxy) is 1. The van der Waals surface area contributed by atoms with Crippen LogP contribution >= 0.6 is 11.8 Å². The molecule has 0 N–H and O–H groups in total. The minimum absolute atomic E-state index is 0.0659. The van der Waals surface area contributed by atoms with E-state index in [4.69, 9.17) is 9.15 Å². The first kappa shape index (κ1) is 21.1. The third-order valence-corrected chi connectivity index (χ3v) is 5.77. The molecule has 1 atom stereocenters. The highest BCUT2D eigenvalue weighted by molar-refractivity contribution is 7.99. The van der Waals surface area contributed by atoms with Crippen molar-refractivity contribution < 1.29 is 9.15 Å². The lowest BCUT2D eigenvalue weighted by Gasteiger charge is -2.14. The van der Waals surface area contributed by atoms with Crippen LogP contribution in [-0.4, -0.2) is 32.1 Å². The van der Waals surface area contributed by atoms with Gasteiger partial charge in [0.05, 0.1) is 12.4 Å². The van der Waals surface area contributed by atoms with Gasteiger partial charge in [-0.1, -0.05) is 43.8 Å². The van der Waals surface area contributed by atoms with Crippen LogP contribution in [0.3, 0.4) is 0 Å². The van der Waals surface area contributed by atoms with Gasteiger partial charge in [-0.15, -0.1) is 20.4 Å². The Morgan fingerprint density at radius 1 is 0.903 bits per heavy atom. The summed E-state index contributed by atoms with van der Waals surface area (Å²) in [7, 11) is 1.66. The van der Waals surface area contributed by atoms with Crippen molar-refractivity contribution in [2.24, 2.45) is 5.92 Å². The Kier molecular flexibility index (Phi) is 6.36. The molecule has 2 aromatic carbocycles. The number of nitrogens with zero attached hydrogens (tertiary/aromatic N) is 5. The summed E-state index contributed by atoms with van der Waals surface area (Å²) < 4.78 is 13.4. The van der Waals surface area contributed by atoms with E-state index in [0.29, 0.717) is 17.7 Å². The molecule has 0 radical (unpaired) electrons. The Labute approximate surface area is 185 Å². The standard InChI is InChI=1S/C23H25N5O2S/c1-15(2)14-28-20(17-10-12-19(29-4)13-11-17)24-27-23(28)31-16(3)21-25-26-22(30-21)18-8-6-5-7-9-18/h5-13,15-16H,14H2,1-4H3/t16-/m0/s1. The van der Waals surface area contributed by atoms with E-state index in [2.05, 4.69) is 38.8 Å². The first-order chi connectivity index (χ1) is 15.0. The predicted molar refractivity (Wildman–Crippen MR) is 121 cm³/mol. The molecule has 0 spiro atoms. The fraction of sp³-hybridized carbons (Fsp3) is 0.304. The SMILES string of the molecule is COc1ccc(-c2nnc(S[C@@H](C)c3nnc(-c4ccccc4)o3)n2CC(C)C)cc1. The third kappa shape index (κ3) is 4.80. The molecule has 8 heteroatoms. The van der Waals surface area contributed by atoms with Gasteiger partial charge in [0.25, 0.3) is 0 Å². The molecule has 0 amide bonds. The predicted octanol–water partition coefficient (Wildman–Crippen LogP) is 5.51. The van der Waals surface area contributed by atoms with Gasteiger partial charge >= 0.3 is 0 Å². The van der Waals surface area contributed by atoms with Crippen molar-refractivity contribution in [3.05, 3.63) is 60.5 Å². The average Bonchev–Trinajstić information content (AvgIpc) is 3.42. The molecule has 0 fully saturated rings. The zero-order chi connectivity index (χ0) is 21.8. The number of hydrogen-bond acceptors (Lipinski definition) is 7. The van der Waals surface area contributed by atoms with E-state index in [1.54, 1.807) is 18.9 Å². The minimum Gasteiger partial charge on any atom is -0.497 e. The van der Waals surface area contributed by atoms with Crippen molar-refractivity contribution in [3.63, 3.8) is 0 Å². The van der Waals surface area contributed by atoms with Crippen molar-refractivity contribution in [1.29, 1.82) is 0 Å². The fourth-order valence-electron chi connectivity index (χ4n) is 3.16. The van der Waals surface area contributed by atoms with E-state index >= 15 is 0 Å². The van der Waals surface area contributed by atoms with Gasteiger partial charge in [0.1, 0.15) is 5.75 Å². The van der Waals surface area contributed by atoms with Crippen molar-refractivity contribution in [1.82, 2.24) is 25.0 Å². The van der Waals surface area contributed by atoms with Gasteiger partial charge in [-0.25, -0.2) is 0 Å². The maximum atomic E-state index is 5.93. The van der Waals surface area contributed by atoms with Gasteiger partial charge < -0.3 is 13.7 Å². The molecule has 0 bridgehead atoms. The Morgan fingerprint density at radius 2 is 1.65 bits per heavy atom. The maximum absolute atomic E-state index is 5.93. The summed E-state index contributed by atoms with van der Waals surface area (Å²) in [5.74, 6) is 3.17. The van der Waals surface area contributed by atoms with Crippen molar-refractivity contribution in [2.45, 2.75) is 37.7 Å². The molecule has 0 unspecified atom stereocenters. The van der Waals surface area contributed by atoms with Crippen molar-refractivity contribution in [3.8, 4) is 28.6 Å². The molecule has 0 aliphatic carbocycles. The number of thioether (sulfide) groups is 1. The van der Waals surface area contributed by atoms with Crippen LogP contribution in [0.25, 0.3) is 22.8 Å². The van der Waals surface area contributed by atoms with Gasteiger partial charge in [-0.2, -0.15) is 0 Å². The second-order valence-electron chi connectivity index (χ2n) is 7.61. The summed E-state index contributed by atoms with van der Waals surface area (Å²) in [5, 5.41) is 18.2. The van der Waals surface area contributed by atoms with Crippen LogP contribution in [-0.2, 0) is 6.54 Å². The molecule has 4 aromatic rings. The van der Waals surface area contributed by atoms with Gasteiger partial charge in [0, 0.05) is 17.7 Å². The van der Waals surface area contributed by atoms with Gasteiger partial charge in [0.15, 0.2) is 11.0 Å².